The van der Waals surface area contributed by atoms with Gasteiger partial charge in [-0.2, -0.15) is 0 Å². The van der Waals surface area contributed by atoms with E-state index in [0.29, 0.717) is 5.25 Å². The first-order valence-corrected chi connectivity index (χ1v) is 10.6. The number of aliphatic imine (C=N–C) groups is 1. The van der Waals surface area contributed by atoms with Gasteiger partial charge < -0.3 is 9.32 Å². The number of rotatable bonds is 3. The van der Waals surface area contributed by atoms with E-state index in [1.807, 2.05) is 42.2 Å². The Labute approximate surface area is 170 Å². The van der Waals surface area contributed by atoms with Crippen LogP contribution >= 0.6 is 27.7 Å². The summed E-state index contributed by atoms with van der Waals surface area (Å²) >= 11 is 5.32. The van der Waals surface area contributed by atoms with Crippen LogP contribution < -0.4 is 0 Å². The minimum atomic E-state index is -0.0369. The zero-order valence-electron chi connectivity index (χ0n) is 14.7. The molecule has 3 aromatic rings. The van der Waals surface area contributed by atoms with Gasteiger partial charge >= 0.3 is 0 Å². The van der Waals surface area contributed by atoms with Crippen LogP contribution in [-0.2, 0) is 0 Å². The molecule has 0 radical (unpaired) electrons. The largest absolute Gasteiger partial charge is 0.459 e. The molecule has 0 saturated carbocycles. The summed E-state index contributed by atoms with van der Waals surface area (Å²) < 4.78 is 7.38. The molecule has 3 atom stereocenters. The summed E-state index contributed by atoms with van der Waals surface area (Å²) in [4.78, 5) is 11.9. The lowest BCUT2D eigenvalue weighted by Crippen LogP contribution is -2.28. The van der Waals surface area contributed by atoms with Gasteiger partial charge in [-0.3, -0.25) is 4.98 Å². The van der Waals surface area contributed by atoms with Gasteiger partial charge in [0.05, 0.1) is 5.69 Å². The molecule has 0 bridgehead atoms. The minimum Gasteiger partial charge on any atom is -0.459 e. The third kappa shape index (κ3) is 3.11. The predicted molar refractivity (Wildman–Crippen MR) is 113 cm³/mol. The molecule has 4 heterocycles. The number of pyridine rings is 1. The van der Waals surface area contributed by atoms with Crippen LogP contribution in [-0.4, -0.2) is 26.8 Å². The topological polar surface area (TPSA) is 41.6 Å². The van der Waals surface area contributed by atoms with Crippen molar-refractivity contribution < 1.29 is 4.42 Å². The molecule has 6 heteroatoms. The Hall–Kier alpha value is -2.05. The Morgan fingerprint density at radius 3 is 2.74 bits per heavy atom. The zero-order chi connectivity index (χ0) is 18.4. The number of furan rings is 1. The Kier molecular flexibility index (Phi) is 4.32. The molecular formula is C21H18BrN3OS. The first-order valence-electron chi connectivity index (χ1n) is 8.97. The van der Waals surface area contributed by atoms with Gasteiger partial charge in [0, 0.05) is 28.0 Å². The molecule has 1 fully saturated rings. The van der Waals surface area contributed by atoms with Crippen LogP contribution in [0.5, 0.6) is 0 Å². The summed E-state index contributed by atoms with van der Waals surface area (Å²) in [5.74, 6) is 1.82. The first kappa shape index (κ1) is 17.1. The summed E-state index contributed by atoms with van der Waals surface area (Å²) in [5.41, 5.74) is 2.06. The maximum Gasteiger partial charge on any atom is 0.161 e. The zero-order valence-corrected chi connectivity index (χ0v) is 17.2. The second-order valence-corrected chi connectivity index (χ2v) is 9.17. The van der Waals surface area contributed by atoms with E-state index < -0.39 is 0 Å². The number of aromatic nitrogens is 1. The van der Waals surface area contributed by atoms with E-state index in [1.165, 1.54) is 0 Å². The van der Waals surface area contributed by atoms with E-state index >= 15 is 0 Å². The van der Waals surface area contributed by atoms with Crippen LogP contribution in [0.25, 0.3) is 11.3 Å². The summed E-state index contributed by atoms with van der Waals surface area (Å²) in [5, 5.41) is 1.64. The number of halogens is 1. The van der Waals surface area contributed by atoms with E-state index in [2.05, 4.69) is 63.1 Å². The highest BCUT2D eigenvalue weighted by Crippen LogP contribution is 2.48. The number of hydrogen-bond acceptors (Lipinski definition) is 5. The van der Waals surface area contributed by atoms with Crippen molar-refractivity contribution in [2.24, 2.45) is 4.99 Å². The molecule has 1 aromatic carbocycles. The summed E-state index contributed by atoms with van der Waals surface area (Å²) in [6.45, 7) is 3.22. The summed E-state index contributed by atoms with van der Waals surface area (Å²) in [6, 6.07) is 18.4. The smallest absolute Gasteiger partial charge is 0.161 e. The predicted octanol–water partition coefficient (Wildman–Crippen LogP) is 5.69. The van der Waals surface area contributed by atoms with Crippen molar-refractivity contribution in [3.05, 3.63) is 76.7 Å². The van der Waals surface area contributed by atoms with E-state index in [-0.39, 0.29) is 12.1 Å². The first-order chi connectivity index (χ1) is 13.2. The second kappa shape index (κ2) is 6.84. The highest BCUT2D eigenvalue weighted by molar-refractivity contribution is 9.10. The molecule has 0 N–H and O–H groups in total. The van der Waals surface area contributed by atoms with Gasteiger partial charge in [-0.1, -0.05) is 52.8 Å². The van der Waals surface area contributed by atoms with Crippen molar-refractivity contribution in [1.29, 1.82) is 0 Å². The van der Waals surface area contributed by atoms with Gasteiger partial charge in [0.15, 0.2) is 5.17 Å². The molecule has 4 nitrogen and oxygen atoms in total. The monoisotopic (exact) mass is 439 g/mol. The van der Waals surface area contributed by atoms with E-state index in [9.17, 15) is 0 Å². The number of hydrogen-bond donors (Lipinski definition) is 0. The molecule has 2 aromatic heterocycles. The van der Waals surface area contributed by atoms with E-state index in [0.717, 1.165) is 39.0 Å². The fraction of sp³-hybridized carbons (Fsp3) is 0.238. The fourth-order valence-electron chi connectivity index (χ4n) is 3.71. The number of nitrogens with zero attached hydrogens (tertiary/aromatic N) is 3. The molecule has 5 rings (SSSR count). The van der Waals surface area contributed by atoms with Gasteiger partial charge in [-0.25, -0.2) is 4.99 Å². The highest BCUT2D eigenvalue weighted by Gasteiger charge is 2.45. The Balaban J connectivity index is 1.53. The van der Waals surface area contributed by atoms with Crippen LogP contribution in [0.2, 0.25) is 0 Å². The van der Waals surface area contributed by atoms with Crippen molar-refractivity contribution in [3.8, 4) is 11.3 Å². The molecule has 27 heavy (non-hydrogen) atoms. The lowest BCUT2D eigenvalue weighted by Gasteiger charge is -2.25. The maximum absolute atomic E-state index is 6.32. The number of amidine groups is 1. The van der Waals surface area contributed by atoms with Gasteiger partial charge in [0.1, 0.15) is 23.6 Å². The second-order valence-electron chi connectivity index (χ2n) is 6.85. The van der Waals surface area contributed by atoms with Crippen molar-refractivity contribution in [3.63, 3.8) is 0 Å². The minimum absolute atomic E-state index is 0.0369. The van der Waals surface area contributed by atoms with Gasteiger partial charge in [-0.15, -0.1) is 0 Å². The quantitative estimate of drug-likeness (QED) is 0.525. The Morgan fingerprint density at radius 1 is 1.11 bits per heavy atom. The average molecular weight is 440 g/mol. The SMILES string of the molecule is C[C@@H]1CN2C(=N[C@@H](c3ccccn3)[C@H]2c2ccc(-c3ccc(Br)cc3)o2)S1. The molecule has 2 aliphatic heterocycles. The summed E-state index contributed by atoms with van der Waals surface area (Å²) in [6.07, 6.45) is 1.83. The van der Waals surface area contributed by atoms with Gasteiger partial charge in [-0.05, 0) is 36.4 Å². The number of thioether (sulfide) groups is 1. The Morgan fingerprint density at radius 2 is 1.96 bits per heavy atom. The van der Waals surface area contributed by atoms with Crippen molar-refractivity contribution in [1.82, 2.24) is 9.88 Å². The molecule has 0 unspecified atom stereocenters. The molecule has 1 saturated heterocycles. The van der Waals surface area contributed by atoms with Crippen LogP contribution in [0.4, 0.5) is 0 Å². The van der Waals surface area contributed by atoms with E-state index in [4.69, 9.17) is 9.41 Å². The number of benzene rings is 1. The molecule has 136 valence electrons. The fourth-order valence-corrected chi connectivity index (χ4v) is 5.06. The normalized spacial score (nSPS) is 24.1. The van der Waals surface area contributed by atoms with E-state index in [1.54, 1.807) is 0 Å². The molecular weight excluding hydrogens is 422 g/mol. The number of fused-ring (bicyclic) bond motifs is 1. The van der Waals surface area contributed by atoms with Gasteiger partial charge in [0.2, 0.25) is 0 Å². The van der Waals surface area contributed by atoms with Crippen LogP contribution in [0, 0.1) is 0 Å². The summed E-state index contributed by atoms with van der Waals surface area (Å²) in [7, 11) is 0. The maximum atomic E-state index is 6.32. The molecule has 2 aliphatic rings. The lowest BCUT2D eigenvalue weighted by atomic mass is 10.0. The van der Waals surface area contributed by atoms with Crippen molar-refractivity contribution in [2.45, 2.75) is 24.3 Å². The van der Waals surface area contributed by atoms with Crippen molar-refractivity contribution >= 4 is 32.9 Å². The van der Waals surface area contributed by atoms with Crippen LogP contribution in [0.3, 0.4) is 0 Å². The molecule has 0 aliphatic carbocycles. The van der Waals surface area contributed by atoms with Crippen LogP contribution in [0.15, 0.2) is 74.7 Å². The van der Waals surface area contributed by atoms with Gasteiger partial charge in [0.25, 0.3) is 0 Å². The lowest BCUT2D eigenvalue weighted by molar-refractivity contribution is 0.277. The molecule has 0 amide bonds. The molecule has 0 spiro atoms. The van der Waals surface area contributed by atoms with Crippen LogP contribution in [0.1, 0.15) is 30.5 Å². The Bertz CT molecular complexity index is 986. The average Bonchev–Trinajstić information content (AvgIpc) is 3.37. The third-order valence-electron chi connectivity index (χ3n) is 4.93. The third-order valence-corrected chi connectivity index (χ3v) is 6.56. The van der Waals surface area contributed by atoms with Crippen molar-refractivity contribution in [2.75, 3.05) is 6.54 Å². The highest BCUT2D eigenvalue weighted by atomic mass is 79.9. The standard InChI is InChI=1S/C21H18BrN3OS/c1-13-12-25-20(19(24-21(25)27-13)16-4-2-3-11-23-16)18-10-9-17(26-18)14-5-7-15(22)8-6-14/h2-11,13,19-20H,12H2,1H3/t13-,19+,20-/m1/s1.